The van der Waals surface area contributed by atoms with E-state index in [1.165, 1.54) is 5.56 Å². The summed E-state index contributed by atoms with van der Waals surface area (Å²) in [6.07, 6.45) is 0. The van der Waals surface area contributed by atoms with Crippen LogP contribution >= 0.6 is 0 Å². The van der Waals surface area contributed by atoms with Crippen molar-refractivity contribution in [1.29, 1.82) is 0 Å². The van der Waals surface area contributed by atoms with Crippen LogP contribution in [-0.2, 0) is 0 Å². The molecule has 0 aliphatic heterocycles. The number of aromatic nitrogens is 2. The van der Waals surface area contributed by atoms with Crippen molar-refractivity contribution >= 4 is 0 Å². The molecule has 106 valence electrons. The highest BCUT2D eigenvalue weighted by atomic mass is 16.5. The Morgan fingerprint density at radius 1 is 0.850 bits per heavy atom. The van der Waals surface area contributed by atoms with E-state index >= 15 is 0 Å². The first-order valence-electron chi connectivity index (χ1n) is 7.09. The van der Waals surface area contributed by atoms with Crippen molar-refractivity contribution in [3.63, 3.8) is 0 Å². The molecular weight excluding hydrogens is 248 g/mol. The Labute approximate surface area is 121 Å². The van der Waals surface area contributed by atoms with Crippen LogP contribution in [0.25, 0.3) is 0 Å². The van der Waals surface area contributed by atoms with Gasteiger partial charge in [-0.2, -0.15) is 9.97 Å². The van der Waals surface area contributed by atoms with Gasteiger partial charge in [0, 0.05) is 0 Å². The van der Waals surface area contributed by atoms with E-state index in [9.17, 15) is 0 Å². The lowest BCUT2D eigenvalue weighted by atomic mass is 10.1. The molecule has 20 heavy (non-hydrogen) atoms. The van der Waals surface area contributed by atoms with E-state index in [0.717, 1.165) is 17.1 Å². The van der Waals surface area contributed by atoms with E-state index in [-0.39, 0.29) is 0 Å². The molecule has 0 unspecified atom stereocenters. The SMILES string of the molecule is Cc1ccc(Oc2nc(C(C)C)cc(C(C)C)n2)cc1. The van der Waals surface area contributed by atoms with Crippen LogP contribution in [0.5, 0.6) is 11.8 Å². The molecule has 0 fully saturated rings. The molecule has 0 aliphatic rings. The van der Waals surface area contributed by atoms with E-state index in [1.807, 2.05) is 24.3 Å². The maximum atomic E-state index is 5.79. The fourth-order valence-corrected chi connectivity index (χ4v) is 1.81. The van der Waals surface area contributed by atoms with Gasteiger partial charge in [-0.25, -0.2) is 0 Å². The molecule has 0 saturated carbocycles. The molecule has 0 amide bonds. The highest BCUT2D eigenvalue weighted by Gasteiger charge is 2.11. The normalized spacial score (nSPS) is 11.2. The second-order valence-corrected chi connectivity index (χ2v) is 5.72. The van der Waals surface area contributed by atoms with Gasteiger partial charge in [0.15, 0.2) is 0 Å². The quantitative estimate of drug-likeness (QED) is 0.798. The number of benzene rings is 1. The summed E-state index contributed by atoms with van der Waals surface area (Å²) in [6.45, 7) is 10.6. The predicted molar refractivity (Wildman–Crippen MR) is 81.5 cm³/mol. The van der Waals surface area contributed by atoms with Crippen molar-refractivity contribution in [2.45, 2.75) is 46.5 Å². The summed E-state index contributed by atoms with van der Waals surface area (Å²) < 4.78 is 5.79. The zero-order valence-corrected chi connectivity index (χ0v) is 12.8. The van der Waals surface area contributed by atoms with Gasteiger partial charge in [-0.05, 0) is 37.0 Å². The van der Waals surface area contributed by atoms with E-state index < -0.39 is 0 Å². The molecule has 2 rings (SSSR count). The Kier molecular flexibility index (Phi) is 4.38. The summed E-state index contributed by atoms with van der Waals surface area (Å²) in [7, 11) is 0. The topological polar surface area (TPSA) is 35.0 Å². The van der Waals surface area contributed by atoms with Crippen molar-refractivity contribution in [1.82, 2.24) is 9.97 Å². The van der Waals surface area contributed by atoms with Gasteiger partial charge in [0.05, 0.1) is 11.4 Å². The van der Waals surface area contributed by atoms with E-state index in [0.29, 0.717) is 17.8 Å². The third-order valence-corrected chi connectivity index (χ3v) is 3.16. The molecule has 1 aromatic heterocycles. The Hall–Kier alpha value is -1.90. The van der Waals surface area contributed by atoms with Gasteiger partial charge in [-0.1, -0.05) is 45.4 Å². The van der Waals surface area contributed by atoms with Crippen LogP contribution in [0, 0.1) is 6.92 Å². The number of nitrogens with zero attached hydrogens (tertiary/aromatic N) is 2. The molecule has 3 nitrogen and oxygen atoms in total. The maximum absolute atomic E-state index is 5.79. The largest absolute Gasteiger partial charge is 0.424 e. The third kappa shape index (κ3) is 3.56. The second kappa shape index (κ2) is 6.04. The molecule has 0 spiro atoms. The van der Waals surface area contributed by atoms with Crippen LogP contribution in [0.2, 0.25) is 0 Å². The van der Waals surface area contributed by atoms with Gasteiger partial charge >= 0.3 is 6.01 Å². The predicted octanol–water partition coefficient (Wildman–Crippen LogP) is 4.82. The van der Waals surface area contributed by atoms with E-state index in [1.54, 1.807) is 0 Å². The maximum Gasteiger partial charge on any atom is 0.322 e. The van der Waals surface area contributed by atoms with E-state index in [4.69, 9.17) is 4.74 Å². The second-order valence-electron chi connectivity index (χ2n) is 5.72. The Balaban J connectivity index is 2.32. The molecule has 1 heterocycles. The van der Waals surface area contributed by atoms with Crippen LogP contribution < -0.4 is 4.74 Å². The summed E-state index contributed by atoms with van der Waals surface area (Å²) >= 11 is 0. The standard InChI is InChI=1S/C17H22N2O/c1-11(2)15-10-16(12(3)4)19-17(18-15)20-14-8-6-13(5)7-9-14/h6-12H,1-5H3. The molecule has 1 aromatic carbocycles. The van der Waals surface area contributed by atoms with E-state index in [2.05, 4.69) is 50.7 Å². The fraction of sp³-hybridized carbons (Fsp3) is 0.412. The monoisotopic (exact) mass is 270 g/mol. The minimum absolute atomic E-state index is 0.357. The third-order valence-electron chi connectivity index (χ3n) is 3.16. The first-order valence-corrected chi connectivity index (χ1v) is 7.09. The van der Waals surface area contributed by atoms with Crippen molar-refractivity contribution in [2.75, 3.05) is 0 Å². The zero-order valence-electron chi connectivity index (χ0n) is 12.8. The van der Waals surface area contributed by atoms with Crippen molar-refractivity contribution in [3.8, 4) is 11.8 Å². The summed E-state index contributed by atoms with van der Waals surface area (Å²) in [5.41, 5.74) is 3.24. The number of rotatable bonds is 4. The molecule has 2 aromatic rings. The fourth-order valence-electron chi connectivity index (χ4n) is 1.81. The first kappa shape index (κ1) is 14.5. The lowest BCUT2D eigenvalue weighted by Gasteiger charge is -2.12. The van der Waals surface area contributed by atoms with Gasteiger partial charge in [-0.15, -0.1) is 0 Å². The summed E-state index contributed by atoms with van der Waals surface area (Å²) in [6, 6.07) is 10.4. The lowest BCUT2D eigenvalue weighted by Crippen LogP contribution is -2.03. The molecule has 0 N–H and O–H groups in total. The Morgan fingerprint density at radius 2 is 1.35 bits per heavy atom. The van der Waals surface area contributed by atoms with Crippen molar-refractivity contribution < 1.29 is 4.74 Å². The number of hydrogen-bond donors (Lipinski definition) is 0. The number of hydrogen-bond acceptors (Lipinski definition) is 3. The Morgan fingerprint density at radius 3 is 1.80 bits per heavy atom. The van der Waals surface area contributed by atoms with Crippen LogP contribution in [0.4, 0.5) is 0 Å². The van der Waals surface area contributed by atoms with Crippen molar-refractivity contribution in [2.24, 2.45) is 0 Å². The van der Waals surface area contributed by atoms with Crippen LogP contribution in [0.3, 0.4) is 0 Å². The highest BCUT2D eigenvalue weighted by molar-refractivity contribution is 5.29. The zero-order chi connectivity index (χ0) is 14.7. The Bertz CT molecular complexity index is 548. The number of aryl methyl sites for hydroxylation is 1. The van der Waals surface area contributed by atoms with Crippen LogP contribution in [0.1, 0.15) is 56.5 Å². The lowest BCUT2D eigenvalue weighted by molar-refractivity contribution is 0.434. The molecule has 0 radical (unpaired) electrons. The molecular formula is C17H22N2O. The minimum Gasteiger partial charge on any atom is -0.424 e. The van der Waals surface area contributed by atoms with Gasteiger partial charge in [0.2, 0.25) is 0 Å². The molecule has 0 aliphatic carbocycles. The molecule has 0 saturated heterocycles. The van der Waals surface area contributed by atoms with Gasteiger partial charge in [0.1, 0.15) is 5.75 Å². The van der Waals surface area contributed by atoms with Gasteiger partial charge in [-0.3, -0.25) is 0 Å². The minimum atomic E-state index is 0.357. The van der Waals surface area contributed by atoms with Crippen LogP contribution in [0.15, 0.2) is 30.3 Å². The molecule has 0 atom stereocenters. The average molecular weight is 270 g/mol. The smallest absolute Gasteiger partial charge is 0.322 e. The summed E-state index contributed by atoms with van der Waals surface area (Å²) in [5, 5.41) is 0. The van der Waals surface area contributed by atoms with Gasteiger partial charge < -0.3 is 4.74 Å². The molecule has 0 bridgehead atoms. The number of ether oxygens (including phenoxy) is 1. The van der Waals surface area contributed by atoms with Crippen molar-refractivity contribution in [3.05, 3.63) is 47.3 Å². The van der Waals surface area contributed by atoms with Crippen LogP contribution in [-0.4, -0.2) is 9.97 Å². The summed E-state index contributed by atoms with van der Waals surface area (Å²) in [4.78, 5) is 9.00. The summed E-state index contributed by atoms with van der Waals surface area (Å²) in [5.74, 6) is 1.48. The highest BCUT2D eigenvalue weighted by Crippen LogP contribution is 2.24. The first-order chi connectivity index (χ1) is 9.45. The molecule has 3 heteroatoms. The van der Waals surface area contributed by atoms with Gasteiger partial charge in [0.25, 0.3) is 0 Å². The average Bonchev–Trinajstić information content (AvgIpc) is 2.41.